The van der Waals surface area contributed by atoms with Gasteiger partial charge >= 0.3 is 12.1 Å². The zero-order valence-corrected chi connectivity index (χ0v) is 13.1. The minimum atomic E-state index is -0.659. The fraction of sp³-hybridized carbons (Fsp3) is 0.846. The van der Waals surface area contributed by atoms with Crippen LogP contribution in [0.1, 0.15) is 41.0 Å². The molecule has 0 aliphatic rings. The van der Waals surface area contributed by atoms with E-state index >= 15 is 0 Å². The minimum absolute atomic E-state index is 0.231. The molecule has 112 valence electrons. The first kappa shape index (κ1) is 18.0. The van der Waals surface area contributed by atoms with Crippen molar-refractivity contribution in [2.45, 2.75) is 52.7 Å². The molecule has 0 aromatic rings. The third kappa shape index (κ3) is 6.66. The number of carbonyl (C=O) groups is 2. The van der Waals surface area contributed by atoms with Crippen LogP contribution < -0.4 is 0 Å². The molecule has 0 saturated heterocycles. The number of carbonyl (C=O) groups excluding carboxylic acids is 2. The minimum Gasteiger partial charge on any atom is -0.464 e. The SMILES string of the molecule is CCOC(=O)[C@H](CC)N(CCCl)C(=O)OC(C)(C)C. The van der Waals surface area contributed by atoms with Crippen LogP contribution in [0.15, 0.2) is 0 Å². The van der Waals surface area contributed by atoms with E-state index in [1.54, 1.807) is 27.7 Å². The van der Waals surface area contributed by atoms with Crippen molar-refractivity contribution in [1.82, 2.24) is 4.90 Å². The summed E-state index contributed by atoms with van der Waals surface area (Å²) < 4.78 is 10.3. The molecular formula is C13H24ClNO4. The fourth-order valence-corrected chi connectivity index (χ4v) is 1.72. The Morgan fingerprint density at radius 1 is 1.26 bits per heavy atom. The molecule has 0 aliphatic heterocycles. The van der Waals surface area contributed by atoms with Crippen molar-refractivity contribution in [3.63, 3.8) is 0 Å². The molecule has 5 nitrogen and oxygen atoms in total. The highest BCUT2D eigenvalue weighted by Crippen LogP contribution is 2.14. The highest BCUT2D eigenvalue weighted by molar-refractivity contribution is 6.18. The van der Waals surface area contributed by atoms with Crippen LogP contribution in [0, 0.1) is 0 Å². The third-order valence-electron chi connectivity index (χ3n) is 2.28. The molecule has 0 aromatic heterocycles. The molecule has 0 aliphatic carbocycles. The summed E-state index contributed by atoms with van der Waals surface area (Å²) in [5, 5.41) is 0. The van der Waals surface area contributed by atoms with Crippen LogP contribution >= 0.6 is 11.6 Å². The van der Waals surface area contributed by atoms with Crippen LogP contribution in [-0.4, -0.2) is 47.6 Å². The van der Waals surface area contributed by atoms with Gasteiger partial charge in [-0.2, -0.15) is 0 Å². The lowest BCUT2D eigenvalue weighted by molar-refractivity contribution is -0.149. The quantitative estimate of drug-likeness (QED) is 0.558. The smallest absolute Gasteiger partial charge is 0.411 e. The molecule has 1 atom stereocenters. The van der Waals surface area contributed by atoms with Gasteiger partial charge in [-0.15, -0.1) is 11.6 Å². The van der Waals surface area contributed by atoms with E-state index in [9.17, 15) is 9.59 Å². The molecule has 0 bridgehead atoms. The van der Waals surface area contributed by atoms with Crippen LogP contribution in [0.3, 0.4) is 0 Å². The summed E-state index contributed by atoms with van der Waals surface area (Å²) in [6, 6.07) is -0.659. The normalized spacial score (nSPS) is 12.7. The van der Waals surface area contributed by atoms with Gasteiger partial charge < -0.3 is 9.47 Å². The molecule has 0 fully saturated rings. The topological polar surface area (TPSA) is 55.8 Å². The lowest BCUT2D eigenvalue weighted by atomic mass is 10.2. The molecule has 0 saturated carbocycles. The highest BCUT2D eigenvalue weighted by Gasteiger charge is 2.32. The van der Waals surface area contributed by atoms with E-state index in [1.807, 2.05) is 6.92 Å². The Kier molecular flexibility index (Phi) is 7.83. The Morgan fingerprint density at radius 2 is 1.84 bits per heavy atom. The number of amides is 1. The Hall–Kier alpha value is -0.970. The Balaban J connectivity index is 4.94. The van der Waals surface area contributed by atoms with Crippen molar-refractivity contribution < 1.29 is 19.1 Å². The standard InChI is InChI=1S/C13H24ClNO4/c1-6-10(11(16)18-7-2)15(9-8-14)12(17)19-13(3,4)5/h10H,6-9H2,1-5H3/t10-/m0/s1. The lowest BCUT2D eigenvalue weighted by Crippen LogP contribution is -2.48. The summed E-state index contributed by atoms with van der Waals surface area (Å²) >= 11 is 5.69. The van der Waals surface area contributed by atoms with Gasteiger partial charge in [-0.05, 0) is 34.1 Å². The number of esters is 1. The Morgan fingerprint density at radius 3 is 2.21 bits per heavy atom. The second-order valence-electron chi connectivity index (χ2n) is 5.04. The summed E-state index contributed by atoms with van der Waals surface area (Å²) in [5.41, 5.74) is -0.616. The van der Waals surface area contributed by atoms with Gasteiger partial charge in [0.2, 0.25) is 0 Å². The second-order valence-corrected chi connectivity index (χ2v) is 5.42. The summed E-state index contributed by atoms with van der Waals surface area (Å²) in [7, 11) is 0. The summed E-state index contributed by atoms with van der Waals surface area (Å²) in [5.74, 6) is -0.198. The van der Waals surface area contributed by atoms with E-state index in [0.29, 0.717) is 6.42 Å². The number of rotatable bonds is 6. The maximum atomic E-state index is 12.1. The summed E-state index contributed by atoms with van der Waals surface area (Å²) in [6.07, 6.45) is -0.0948. The molecule has 1 amide bonds. The van der Waals surface area contributed by atoms with Crippen LogP contribution in [-0.2, 0) is 14.3 Å². The predicted molar refractivity (Wildman–Crippen MR) is 74.4 cm³/mol. The largest absolute Gasteiger partial charge is 0.464 e. The molecule has 6 heteroatoms. The number of hydrogen-bond acceptors (Lipinski definition) is 4. The van der Waals surface area contributed by atoms with E-state index < -0.39 is 23.7 Å². The van der Waals surface area contributed by atoms with Crippen LogP contribution in [0.2, 0.25) is 0 Å². The molecule has 0 N–H and O–H groups in total. The van der Waals surface area contributed by atoms with Gasteiger partial charge in [0.05, 0.1) is 6.61 Å². The first-order valence-electron chi connectivity index (χ1n) is 6.49. The Labute approximate surface area is 120 Å². The molecule has 0 aromatic carbocycles. The van der Waals surface area contributed by atoms with Gasteiger partial charge in [-0.1, -0.05) is 6.92 Å². The number of alkyl halides is 1. The molecule has 0 heterocycles. The number of nitrogens with zero attached hydrogens (tertiary/aromatic N) is 1. The van der Waals surface area contributed by atoms with Gasteiger partial charge in [0, 0.05) is 12.4 Å². The zero-order chi connectivity index (χ0) is 15.1. The van der Waals surface area contributed by atoms with Crippen molar-refractivity contribution in [2.24, 2.45) is 0 Å². The Bertz CT molecular complexity index is 302. The van der Waals surface area contributed by atoms with Gasteiger partial charge in [0.1, 0.15) is 11.6 Å². The predicted octanol–water partition coefficient (Wildman–Crippen LogP) is 2.80. The van der Waals surface area contributed by atoms with Crippen LogP contribution in [0.5, 0.6) is 0 Å². The molecule has 0 radical (unpaired) electrons. The number of ether oxygens (including phenoxy) is 2. The lowest BCUT2D eigenvalue weighted by Gasteiger charge is -2.31. The molecule has 0 spiro atoms. The second kappa shape index (κ2) is 8.25. The zero-order valence-electron chi connectivity index (χ0n) is 12.4. The van der Waals surface area contributed by atoms with Gasteiger partial charge in [-0.3, -0.25) is 4.90 Å². The van der Waals surface area contributed by atoms with Crippen molar-refractivity contribution in [1.29, 1.82) is 0 Å². The van der Waals surface area contributed by atoms with E-state index in [1.165, 1.54) is 4.90 Å². The van der Waals surface area contributed by atoms with E-state index in [0.717, 1.165) is 0 Å². The maximum Gasteiger partial charge on any atom is 0.411 e. The van der Waals surface area contributed by atoms with Crippen molar-refractivity contribution >= 4 is 23.7 Å². The number of halogens is 1. The third-order valence-corrected chi connectivity index (χ3v) is 2.44. The van der Waals surface area contributed by atoms with Crippen molar-refractivity contribution in [2.75, 3.05) is 19.0 Å². The molecule has 0 rings (SSSR count). The first-order chi connectivity index (χ1) is 8.76. The van der Waals surface area contributed by atoms with Crippen molar-refractivity contribution in [3.8, 4) is 0 Å². The van der Waals surface area contributed by atoms with E-state index in [-0.39, 0.29) is 19.0 Å². The van der Waals surface area contributed by atoms with E-state index in [2.05, 4.69) is 0 Å². The van der Waals surface area contributed by atoms with Crippen molar-refractivity contribution in [3.05, 3.63) is 0 Å². The van der Waals surface area contributed by atoms with E-state index in [4.69, 9.17) is 21.1 Å². The maximum absolute atomic E-state index is 12.1. The van der Waals surface area contributed by atoms with Crippen LogP contribution in [0.4, 0.5) is 4.79 Å². The fourth-order valence-electron chi connectivity index (χ4n) is 1.54. The molecular weight excluding hydrogens is 270 g/mol. The monoisotopic (exact) mass is 293 g/mol. The van der Waals surface area contributed by atoms with Crippen LogP contribution in [0.25, 0.3) is 0 Å². The first-order valence-corrected chi connectivity index (χ1v) is 7.02. The van der Waals surface area contributed by atoms with Gasteiger partial charge in [0.15, 0.2) is 0 Å². The average molecular weight is 294 g/mol. The number of hydrogen-bond donors (Lipinski definition) is 0. The summed E-state index contributed by atoms with van der Waals surface area (Å²) in [6.45, 7) is 9.38. The van der Waals surface area contributed by atoms with Gasteiger partial charge in [0.25, 0.3) is 0 Å². The molecule has 19 heavy (non-hydrogen) atoms. The van der Waals surface area contributed by atoms with Gasteiger partial charge in [-0.25, -0.2) is 9.59 Å². The molecule has 0 unspecified atom stereocenters. The highest BCUT2D eigenvalue weighted by atomic mass is 35.5. The average Bonchev–Trinajstić information content (AvgIpc) is 2.27. The summed E-state index contributed by atoms with van der Waals surface area (Å²) in [4.78, 5) is 25.3.